The summed E-state index contributed by atoms with van der Waals surface area (Å²) >= 11 is 1.64. The molecule has 0 radical (unpaired) electrons. The van der Waals surface area contributed by atoms with Crippen LogP contribution in [0.1, 0.15) is 32.3 Å². The van der Waals surface area contributed by atoms with Crippen molar-refractivity contribution in [3.8, 4) is 0 Å². The van der Waals surface area contributed by atoms with Gasteiger partial charge in [-0.3, -0.25) is 4.79 Å². The van der Waals surface area contributed by atoms with Crippen molar-refractivity contribution in [3.05, 3.63) is 29.8 Å². The van der Waals surface area contributed by atoms with E-state index in [0.717, 1.165) is 24.3 Å². The largest absolute Gasteiger partial charge is 0.337 e. The number of halogens is 1. The molecule has 2 N–H and O–H groups in total. The molecule has 3 nitrogen and oxygen atoms in total. The lowest BCUT2D eigenvalue weighted by molar-refractivity contribution is -0.134. The zero-order valence-electron chi connectivity index (χ0n) is 13.6. The van der Waals surface area contributed by atoms with Crippen LogP contribution in [0, 0.1) is 12.8 Å². The predicted molar refractivity (Wildman–Crippen MR) is 96.7 cm³/mol. The van der Waals surface area contributed by atoms with Crippen molar-refractivity contribution in [1.82, 2.24) is 4.90 Å². The first-order chi connectivity index (χ1) is 10.0. The van der Waals surface area contributed by atoms with Crippen molar-refractivity contribution in [2.24, 2.45) is 11.7 Å². The predicted octanol–water partition coefficient (Wildman–Crippen LogP) is 3.48. The first kappa shape index (κ1) is 19.3. The molecule has 1 aliphatic heterocycles. The summed E-state index contributed by atoms with van der Waals surface area (Å²) in [5.41, 5.74) is 7.10. The summed E-state index contributed by atoms with van der Waals surface area (Å²) in [5.74, 6) is 0.894. The van der Waals surface area contributed by atoms with E-state index in [1.165, 1.54) is 5.56 Å². The molecule has 2 rings (SSSR count). The molecule has 5 heteroatoms. The highest BCUT2D eigenvalue weighted by molar-refractivity contribution is 8.00. The molecule has 0 aliphatic carbocycles. The third kappa shape index (κ3) is 4.90. The maximum absolute atomic E-state index is 12.7. The molecule has 124 valence electrons. The van der Waals surface area contributed by atoms with Gasteiger partial charge in [-0.2, -0.15) is 0 Å². The summed E-state index contributed by atoms with van der Waals surface area (Å²) in [6, 6.07) is 8.56. The van der Waals surface area contributed by atoms with Gasteiger partial charge in [0.25, 0.3) is 0 Å². The van der Waals surface area contributed by atoms with Crippen LogP contribution in [0.25, 0.3) is 0 Å². The average molecular weight is 343 g/mol. The average Bonchev–Trinajstić information content (AvgIpc) is 2.48. The van der Waals surface area contributed by atoms with Gasteiger partial charge in [-0.05, 0) is 44.7 Å². The molecule has 1 aromatic carbocycles. The Kier molecular flexibility index (Phi) is 7.74. The Morgan fingerprint density at radius 3 is 2.64 bits per heavy atom. The molecule has 0 saturated carbocycles. The molecule has 3 unspecified atom stereocenters. The molecule has 1 aliphatic rings. The number of amides is 1. The van der Waals surface area contributed by atoms with Crippen LogP contribution in [0.5, 0.6) is 0 Å². The molecule has 1 saturated heterocycles. The van der Waals surface area contributed by atoms with Crippen molar-refractivity contribution in [3.63, 3.8) is 0 Å². The molecule has 0 bridgehead atoms. The summed E-state index contributed by atoms with van der Waals surface area (Å²) in [6.07, 6.45) is 2.12. The molecule has 1 fully saturated rings. The van der Waals surface area contributed by atoms with E-state index in [4.69, 9.17) is 5.73 Å². The Morgan fingerprint density at radius 2 is 2.05 bits per heavy atom. The lowest BCUT2D eigenvalue weighted by Crippen LogP contribution is -2.51. The van der Waals surface area contributed by atoms with Crippen LogP contribution in [0.15, 0.2) is 29.2 Å². The Hall–Kier alpha value is -0.710. The van der Waals surface area contributed by atoms with Crippen molar-refractivity contribution < 1.29 is 4.79 Å². The molecule has 1 heterocycles. The van der Waals surface area contributed by atoms with E-state index in [1.807, 2.05) is 11.8 Å². The fraction of sp³-hybridized carbons (Fsp3) is 0.588. The minimum absolute atomic E-state index is 0. The second kappa shape index (κ2) is 8.80. The van der Waals surface area contributed by atoms with Gasteiger partial charge >= 0.3 is 0 Å². The summed E-state index contributed by atoms with van der Waals surface area (Å²) in [7, 11) is 0. The van der Waals surface area contributed by atoms with Crippen LogP contribution in [-0.4, -0.2) is 35.2 Å². The zero-order valence-corrected chi connectivity index (χ0v) is 15.3. The van der Waals surface area contributed by atoms with Gasteiger partial charge in [-0.1, -0.05) is 24.6 Å². The third-order valence-electron chi connectivity index (χ3n) is 4.21. The highest BCUT2D eigenvalue weighted by Gasteiger charge is 2.31. The summed E-state index contributed by atoms with van der Waals surface area (Å²) < 4.78 is 0. The second-order valence-corrected chi connectivity index (χ2v) is 7.54. The van der Waals surface area contributed by atoms with E-state index in [9.17, 15) is 4.79 Å². The highest BCUT2D eigenvalue weighted by Crippen LogP contribution is 2.28. The number of carbonyl (C=O) groups is 1. The molecule has 1 amide bonds. The topological polar surface area (TPSA) is 46.3 Å². The number of aryl methyl sites for hydroxylation is 1. The number of hydrogen-bond acceptors (Lipinski definition) is 3. The molecule has 22 heavy (non-hydrogen) atoms. The molecule has 1 aromatic rings. The van der Waals surface area contributed by atoms with Crippen molar-refractivity contribution in [2.75, 3.05) is 13.1 Å². The van der Waals surface area contributed by atoms with E-state index in [-0.39, 0.29) is 29.6 Å². The van der Waals surface area contributed by atoms with Gasteiger partial charge in [-0.25, -0.2) is 0 Å². The number of nitrogens with zero attached hydrogens (tertiary/aromatic N) is 1. The Balaban J connectivity index is 0.00000242. The van der Waals surface area contributed by atoms with Gasteiger partial charge in [0.2, 0.25) is 5.91 Å². The number of piperidine rings is 1. The maximum atomic E-state index is 12.7. The number of nitrogens with two attached hydrogens (primary N) is 1. The van der Waals surface area contributed by atoms with Gasteiger partial charge in [0.05, 0.1) is 5.25 Å². The van der Waals surface area contributed by atoms with E-state index < -0.39 is 0 Å². The molecule has 3 atom stereocenters. The number of carbonyl (C=O) groups excluding carboxylic acids is 1. The van der Waals surface area contributed by atoms with Gasteiger partial charge in [0.15, 0.2) is 0 Å². The smallest absolute Gasteiger partial charge is 0.236 e. The van der Waals surface area contributed by atoms with Crippen molar-refractivity contribution in [1.29, 1.82) is 0 Å². The highest BCUT2D eigenvalue weighted by atomic mass is 35.5. The molecular formula is C17H27ClN2OS. The van der Waals surface area contributed by atoms with E-state index in [0.29, 0.717) is 12.5 Å². The number of rotatable bonds is 4. The van der Waals surface area contributed by atoms with E-state index in [2.05, 4.69) is 38.1 Å². The Labute approximate surface area is 144 Å². The lowest BCUT2D eigenvalue weighted by atomic mass is 9.92. The number of benzene rings is 1. The van der Waals surface area contributed by atoms with E-state index >= 15 is 0 Å². The maximum Gasteiger partial charge on any atom is 0.236 e. The normalized spacial score (nSPS) is 22.8. The summed E-state index contributed by atoms with van der Waals surface area (Å²) in [6.45, 7) is 7.73. The summed E-state index contributed by atoms with van der Waals surface area (Å²) in [4.78, 5) is 15.8. The Morgan fingerprint density at radius 1 is 1.41 bits per heavy atom. The lowest BCUT2D eigenvalue weighted by Gasteiger charge is -2.39. The summed E-state index contributed by atoms with van der Waals surface area (Å²) in [5, 5.41) is -0.0600. The number of thioether (sulfide) groups is 1. The number of likely N-dealkylation sites (tertiary alicyclic amines) is 1. The van der Waals surface area contributed by atoms with Crippen LogP contribution < -0.4 is 5.73 Å². The second-order valence-electron chi connectivity index (χ2n) is 6.12. The van der Waals surface area contributed by atoms with Crippen LogP contribution in [0.2, 0.25) is 0 Å². The molecule has 0 aromatic heterocycles. The van der Waals surface area contributed by atoms with Crippen LogP contribution in [0.4, 0.5) is 0 Å². The van der Waals surface area contributed by atoms with Gasteiger partial charge in [0, 0.05) is 24.0 Å². The van der Waals surface area contributed by atoms with E-state index in [1.54, 1.807) is 11.8 Å². The van der Waals surface area contributed by atoms with Gasteiger partial charge in [0.1, 0.15) is 0 Å². The van der Waals surface area contributed by atoms with Gasteiger partial charge < -0.3 is 10.6 Å². The fourth-order valence-corrected chi connectivity index (χ4v) is 3.81. The van der Waals surface area contributed by atoms with Crippen molar-refractivity contribution in [2.45, 2.75) is 49.8 Å². The quantitative estimate of drug-likeness (QED) is 0.852. The SMILES string of the molecule is Cc1ccc(SC(C)C(=O)N2CCC(C)CC2CN)cc1.Cl. The zero-order chi connectivity index (χ0) is 15.4. The molecule has 0 spiro atoms. The first-order valence-electron chi connectivity index (χ1n) is 7.75. The third-order valence-corrected chi connectivity index (χ3v) is 5.31. The van der Waals surface area contributed by atoms with Crippen molar-refractivity contribution >= 4 is 30.1 Å². The van der Waals surface area contributed by atoms with Crippen LogP contribution in [-0.2, 0) is 4.79 Å². The Bertz CT molecular complexity index is 480. The van der Waals surface area contributed by atoms with Gasteiger partial charge in [-0.15, -0.1) is 24.2 Å². The fourth-order valence-electron chi connectivity index (χ4n) is 2.87. The minimum Gasteiger partial charge on any atom is -0.337 e. The van der Waals surface area contributed by atoms with Crippen LogP contribution >= 0.6 is 24.2 Å². The monoisotopic (exact) mass is 342 g/mol. The first-order valence-corrected chi connectivity index (χ1v) is 8.63. The number of hydrogen-bond donors (Lipinski definition) is 1. The minimum atomic E-state index is -0.0600. The standard InChI is InChI=1S/C17H26N2OS.ClH/c1-12-4-6-16(7-5-12)21-14(3)17(20)19-9-8-13(2)10-15(19)11-18;/h4-7,13-15H,8-11,18H2,1-3H3;1H. The van der Waals surface area contributed by atoms with Crippen LogP contribution in [0.3, 0.4) is 0 Å². The molecular weight excluding hydrogens is 316 g/mol.